The Morgan fingerprint density at radius 2 is 2.18 bits per heavy atom. The van der Waals surface area contributed by atoms with Gasteiger partial charge in [-0.05, 0) is 25.3 Å². The first-order chi connectivity index (χ1) is 10.5. The van der Waals surface area contributed by atoms with Crippen LogP contribution < -0.4 is 10.1 Å². The second kappa shape index (κ2) is 7.63. The number of hydrogen-bond donors (Lipinski definition) is 1. The van der Waals surface area contributed by atoms with Crippen molar-refractivity contribution in [1.29, 1.82) is 0 Å². The zero-order valence-corrected chi connectivity index (χ0v) is 13.9. The molecule has 1 aromatic carbocycles. The van der Waals surface area contributed by atoms with Crippen LogP contribution in [0, 0.1) is 0 Å². The van der Waals surface area contributed by atoms with Crippen LogP contribution in [-0.4, -0.2) is 32.3 Å². The first kappa shape index (κ1) is 16.8. The predicted octanol–water partition coefficient (Wildman–Crippen LogP) is 3.05. The monoisotopic (exact) mass is 305 g/mol. The Kier molecular flexibility index (Phi) is 5.83. The SMILES string of the molecule is COc1ccccc1C(C)(C)CNC(=O)CC[C@H]1CCCO1. The second-order valence-electron chi connectivity index (χ2n) is 6.53. The van der Waals surface area contributed by atoms with Gasteiger partial charge in [0.25, 0.3) is 0 Å². The molecule has 1 aromatic rings. The fourth-order valence-electron chi connectivity index (χ4n) is 2.87. The molecule has 0 unspecified atom stereocenters. The summed E-state index contributed by atoms with van der Waals surface area (Å²) in [5, 5.41) is 3.05. The van der Waals surface area contributed by atoms with Crippen molar-refractivity contribution < 1.29 is 14.3 Å². The number of hydrogen-bond acceptors (Lipinski definition) is 3. The van der Waals surface area contributed by atoms with Gasteiger partial charge in [-0.3, -0.25) is 4.79 Å². The maximum Gasteiger partial charge on any atom is 0.220 e. The summed E-state index contributed by atoms with van der Waals surface area (Å²) in [7, 11) is 1.68. The van der Waals surface area contributed by atoms with Crippen molar-refractivity contribution >= 4 is 5.91 Å². The molecule has 22 heavy (non-hydrogen) atoms. The van der Waals surface area contributed by atoms with Crippen molar-refractivity contribution in [1.82, 2.24) is 5.32 Å². The summed E-state index contributed by atoms with van der Waals surface area (Å²) in [5.74, 6) is 0.958. The lowest BCUT2D eigenvalue weighted by molar-refractivity contribution is -0.121. The van der Waals surface area contributed by atoms with Crippen LogP contribution in [0.1, 0.15) is 45.1 Å². The summed E-state index contributed by atoms with van der Waals surface area (Å²) in [4.78, 5) is 12.0. The number of amides is 1. The number of carbonyl (C=O) groups excluding carboxylic acids is 1. The molecule has 1 aliphatic heterocycles. The lowest BCUT2D eigenvalue weighted by atomic mass is 9.84. The molecule has 4 nitrogen and oxygen atoms in total. The smallest absolute Gasteiger partial charge is 0.220 e. The minimum Gasteiger partial charge on any atom is -0.496 e. The largest absolute Gasteiger partial charge is 0.496 e. The molecular weight excluding hydrogens is 278 g/mol. The lowest BCUT2D eigenvalue weighted by Crippen LogP contribution is -2.37. The molecule has 0 aromatic heterocycles. The van der Waals surface area contributed by atoms with Gasteiger partial charge in [-0.25, -0.2) is 0 Å². The normalized spacial score (nSPS) is 18.2. The van der Waals surface area contributed by atoms with Crippen LogP contribution in [-0.2, 0) is 14.9 Å². The molecule has 0 saturated carbocycles. The fraction of sp³-hybridized carbons (Fsp3) is 0.611. The highest BCUT2D eigenvalue weighted by atomic mass is 16.5. The van der Waals surface area contributed by atoms with E-state index in [1.54, 1.807) is 7.11 Å². The number of rotatable bonds is 7. The Hall–Kier alpha value is -1.55. The minimum absolute atomic E-state index is 0.0958. The number of methoxy groups -OCH3 is 1. The molecule has 1 amide bonds. The molecule has 4 heteroatoms. The fourth-order valence-corrected chi connectivity index (χ4v) is 2.87. The van der Waals surface area contributed by atoms with Gasteiger partial charge in [-0.2, -0.15) is 0 Å². The Morgan fingerprint density at radius 1 is 1.41 bits per heavy atom. The van der Waals surface area contributed by atoms with Crippen LogP contribution in [0.15, 0.2) is 24.3 Å². The topological polar surface area (TPSA) is 47.6 Å². The molecule has 122 valence electrons. The molecule has 1 N–H and O–H groups in total. The highest BCUT2D eigenvalue weighted by Crippen LogP contribution is 2.30. The molecule has 1 saturated heterocycles. The molecule has 0 radical (unpaired) electrons. The van der Waals surface area contributed by atoms with E-state index >= 15 is 0 Å². The summed E-state index contributed by atoms with van der Waals surface area (Å²) in [6, 6.07) is 7.96. The Bertz CT molecular complexity index is 493. The number of nitrogens with one attached hydrogen (secondary N) is 1. The van der Waals surface area contributed by atoms with Gasteiger partial charge in [0, 0.05) is 30.6 Å². The van der Waals surface area contributed by atoms with Crippen LogP contribution in [0.25, 0.3) is 0 Å². The molecule has 1 atom stereocenters. The van der Waals surface area contributed by atoms with E-state index in [0.717, 1.165) is 37.2 Å². The lowest BCUT2D eigenvalue weighted by Gasteiger charge is -2.27. The van der Waals surface area contributed by atoms with Crippen LogP contribution in [0.3, 0.4) is 0 Å². The zero-order valence-electron chi connectivity index (χ0n) is 13.9. The summed E-state index contributed by atoms with van der Waals surface area (Å²) in [6.45, 7) is 5.67. The van der Waals surface area contributed by atoms with Gasteiger partial charge in [0.05, 0.1) is 13.2 Å². The third-order valence-electron chi connectivity index (χ3n) is 4.28. The Morgan fingerprint density at radius 3 is 2.86 bits per heavy atom. The van der Waals surface area contributed by atoms with Crippen molar-refractivity contribution in [2.45, 2.75) is 51.0 Å². The molecule has 1 aliphatic rings. The summed E-state index contributed by atoms with van der Waals surface area (Å²) in [6.07, 6.45) is 3.83. The summed E-state index contributed by atoms with van der Waals surface area (Å²) >= 11 is 0. The molecule has 0 spiro atoms. The van der Waals surface area contributed by atoms with Gasteiger partial charge in [-0.15, -0.1) is 0 Å². The highest BCUT2D eigenvalue weighted by Gasteiger charge is 2.25. The standard InChI is InChI=1S/C18H27NO3/c1-18(2,15-8-4-5-9-16(15)21-3)13-19-17(20)11-10-14-7-6-12-22-14/h4-5,8-9,14H,6-7,10-13H2,1-3H3,(H,19,20)/t14-/m1/s1. The second-order valence-corrected chi connectivity index (χ2v) is 6.53. The average Bonchev–Trinajstić information content (AvgIpc) is 3.04. The Labute approximate surface area is 133 Å². The van der Waals surface area contributed by atoms with Crippen molar-refractivity contribution in [3.63, 3.8) is 0 Å². The van der Waals surface area contributed by atoms with Crippen LogP contribution in [0.5, 0.6) is 5.75 Å². The van der Waals surface area contributed by atoms with Gasteiger partial charge in [0.2, 0.25) is 5.91 Å². The third-order valence-corrected chi connectivity index (χ3v) is 4.28. The third kappa shape index (κ3) is 4.47. The van der Waals surface area contributed by atoms with Crippen LogP contribution in [0.2, 0.25) is 0 Å². The summed E-state index contributed by atoms with van der Waals surface area (Å²) < 4.78 is 11.0. The van der Waals surface area contributed by atoms with Crippen LogP contribution >= 0.6 is 0 Å². The number of benzene rings is 1. The first-order valence-electron chi connectivity index (χ1n) is 8.05. The van der Waals surface area contributed by atoms with Crippen molar-refractivity contribution in [3.05, 3.63) is 29.8 Å². The van der Waals surface area contributed by atoms with E-state index in [1.165, 1.54) is 0 Å². The quantitative estimate of drug-likeness (QED) is 0.842. The van der Waals surface area contributed by atoms with Crippen molar-refractivity contribution in [3.8, 4) is 5.75 Å². The van der Waals surface area contributed by atoms with Gasteiger partial charge in [-0.1, -0.05) is 32.0 Å². The van der Waals surface area contributed by atoms with E-state index in [9.17, 15) is 4.79 Å². The van der Waals surface area contributed by atoms with Gasteiger partial charge < -0.3 is 14.8 Å². The zero-order chi connectivity index (χ0) is 16.0. The van der Waals surface area contributed by atoms with Crippen molar-refractivity contribution in [2.24, 2.45) is 0 Å². The molecule has 0 bridgehead atoms. The van der Waals surface area contributed by atoms with Gasteiger partial charge in [0.1, 0.15) is 5.75 Å². The molecule has 0 aliphatic carbocycles. The van der Waals surface area contributed by atoms with Crippen LogP contribution in [0.4, 0.5) is 0 Å². The molecule has 2 rings (SSSR count). The van der Waals surface area contributed by atoms with Gasteiger partial charge in [0.15, 0.2) is 0 Å². The van der Waals surface area contributed by atoms with E-state index in [4.69, 9.17) is 9.47 Å². The highest BCUT2D eigenvalue weighted by molar-refractivity contribution is 5.76. The van der Waals surface area contributed by atoms with E-state index in [1.807, 2.05) is 18.2 Å². The molecule has 1 heterocycles. The van der Waals surface area contributed by atoms with E-state index in [2.05, 4.69) is 25.2 Å². The number of carbonyl (C=O) groups is 1. The maximum atomic E-state index is 12.0. The molecule has 1 fully saturated rings. The summed E-state index contributed by atoms with van der Waals surface area (Å²) in [5.41, 5.74) is 0.934. The number of ether oxygens (including phenoxy) is 2. The van der Waals surface area contributed by atoms with Crippen molar-refractivity contribution in [2.75, 3.05) is 20.3 Å². The van der Waals surface area contributed by atoms with E-state index in [-0.39, 0.29) is 17.4 Å². The molecular formula is C18H27NO3. The maximum absolute atomic E-state index is 12.0. The first-order valence-corrected chi connectivity index (χ1v) is 8.05. The average molecular weight is 305 g/mol. The number of para-hydroxylation sites is 1. The van der Waals surface area contributed by atoms with Gasteiger partial charge >= 0.3 is 0 Å². The minimum atomic E-state index is -0.174. The predicted molar refractivity (Wildman–Crippen MR) is 87.2 cm³/mol. The van der Waals surface area contributed by atoms with E-state index in [0.29, 0.717) is 13.0 Å². The van der Waals surface area contributed by atoms with E-state index < -0.39 is 0 Å². The Balaban J connectivity index is 1.84.